The van der Waals surface area contributed by atoms with E-state index in [4.69, 9.17) is 24.6 Å². The highest BCUT2D eigenvalue weighted by Gasteiger charge is 1.97. The Labute approximate surface area is 70.6 Å². The van der Waals surface area contributed by atoms with Crippen LogP contribution in [0.1, 0.15) is 1.37 Å². The Kier molecular flexibility index (Phi) is 1.85. The van der Waals surface area contributed by atoms with Crippen molar-refractivity contribution in [2.45, 2.75) is 4.90 Å². The number of thiol groups is 1. The van der Waals surface area contributed by atoms with Gasteiger partial charge in [-0.3, -0.25) is 0 Å². The van der Waals surface area contributed by atoms with E-state index in [-0.39, 0.29) is 11.1 Å². The van der Waals surface area contributed by atoms with Crippen molar-refractivity contribution in [2.75, 3.05) is 0 Å². The molecule has 9 heavy (non-hydrogen) atoms. The van der Waals surface area contributed by atoms with Gasteiger partial charge in [-0.2, -0.15) is 0 Å². The third kappa shape index (κ3) is 1.54. The van der Waals surface area contributed by atoms with Crippen LogP contribution in [0.15, 0.2) is 23.1 Å². The molecule has 0 bridgehead atoms. The summed E-state index contributed by atoms with van der Waals surface area (Å²) in [5.41, 5.74) is 0. The predicted octanol–water partition coefficient (Wildman–Crippen LogP) is 3.28. The third-order valence-electron chi connectivity index (χ3n) is 0.869. The first-order chi connectivity index (χ1) is 4.63. The lowest BCUT2D eigenvalue weighted by Crippen LogP contribution is -1.68. The Bertz CT molecular complexity index is 235. The Morgan fingerprint density at radius 2 is 2.22 bits per heavy atom. The van der Waals surface area contributed by atoms with Crippen LogP contribution in [0, 0.1) is 0 Å². The van der Waals surface area contributed by atoms with Crippen molar-refractivity contribution < 1.29 is 1.37 Å². The standard InChI is InChI=1S/C6H4Cl2S/c7-4-2-1-3-5(9)6(4)8/h1-3,9H/i2D. The first-order valence-electron chi connectivity index (χ1n) is 2.76. The lowest BCUT2D eigenvalue weighted by Gasteiger charge is -1.95. The molecule has 0 radical (unpaired) electrons. The molecule has 0 aliphatic rings. The zero-order chi connectivity index (χ0) is 7.72. The maximum absolute atomic E-state index is 7.21. The van der Waals surface area contributed by atoms with Gasteiger partial charge in [0.15, 0.2) is 0 Å². The van der Waals surface area contributed by atoms with E-state index in [0.717, 1.165) is 0 Å². The number of halogens is 2. The van der Waals surface area contributed by atoms with Crippen molar-refractivity contribution in [1.29, 1.82) is 0 Å². The molecule has 0 aliphatic carbocycles. The van der Waals surface area contributed by atoms with Crippen LogP contribution < -0.4 is 0 Å². The van der Waals surface area contributed by atoms with Crippen molar-refractivity contribution in [3.8, 4) is 0 Å². The average molecular weight is 180 g/mol. The van der Waals surface area contributed by atoms with Crippen molar-refractivity contribution in [2.24, 2.45) is 0 Å². The van der Waals surface area contributed by atoms with Crippen LogP contribution in [0.3, 0.4) is 0 Å². The molecule has 0 unspecified atom stereocenters. The number of benzene rings is 1. The molecule has 0 saturated carbocycles. The van der Waals surface area contributed by atoms with Gasteiger partial charge in [0, 0.05) is 4.90 Å². The van der Waals surface area contributed by atoms with Crippen molar-refractivity contribution in [3.05, 3.63) is 28.2 Å². The smallest absolute Gasteiger partial charge is 0.0725 e. The van der Waals surface area contributed by atoms with Crippen molar-refractivity contribution in [3.63, 3.8) is 0 Å². The van der Waals surface area contributed by atoms with E-state index >= 15 is 0 Å². The second-order valence-electron chi connectivity index (χ2n) is 1.49. The number of hydrogen-bond donors (Lipinski definition) is 1. The molecule has 1 aromatic rings. The lowest BCUT2D eigenvalue weighted by molar-refractivity contribution is 1.48. The predicted molar refractivity (Wildman–Crippen MR) is 43.7 cm³/mol. The van der Waals surface area contributed by atoms with E-state index < -0.39 is 0 Å². The molecule has 0 heterocycles. The molecule has 0 amide bonds. The van der Waals surface area contributed by atoms with Crippen LogP contribution in [-0.4, -0.2) is 0 Å². The summed E-state index contributed by atoms with van der Waals surface area (Å²) in [7, 11) is 0. The SMILES string of the molecule is [2H]c1ccc(S)c(Cl)c1Cl. The lowest BCUT2D eigenvalue weighted by atomic mass is 10.4. The van der Waals surface area contributed by atoms with Gasteiger partial charge in [0.25, 0.3) is 0 Å². The molecule has 0 atom stereocenters. The summed E-state index contributed by atoms with van der Waals surface area (Å²) in [5, 5.41) is 0.603. The van der Waals surface area contributed by atoms with Gasteiger partial charge in [-0.1, -0.05) is 29.3 Å². The van der Waals surface area contributed by atoms with Crippen LogP contribution in [0.25, 0.3) is 0 Å². The van der Waals surface area contributed by atoms with E-state index in [1.807, 2.05) is 0 Å². The minimum atomic E-state index is 0.226. The molecule has 0 aliphatic heterocycles. The third-order valence-corrected chi connectivity index (χ3v) is 2.16. The molecule has 0 nitrogen and oxygen atoms in total. The summed E-state index contributed by atoms with van der Waals surface area (Å²) in [6.07, 6.45) is 0. The zero-order valence-electron chi connectivity index (χ0n) is 5.36. The molecule has 0 saturated heterocycles. The van der Waals surface area contributed by atoms with Gasteiger partial charge in [0.2, 0.25) is 0 Å². The highest BCUT2D eigenvalue weighted by molar-refractivity contribution is 7.80. The fraction of sp³-hybridized carbons (Fsp3) is 0. The Morgan fingerprint density at radius 3 is 2.78 bits per heavy atom. The highest BCUT2D eigenvalue weighted by Crippen LogP contribution is 2.27. The molecule has 0 fully saturated rings. The summed E-state index contributed by atoms with van der Waals surface area (Å²) < 4.78 is 7.21. The second-order valence-corrected chi connectivity index (χ2v) is 2.73. The summed E-state index contributed by atoms with van der Waals surface area (Å²) in [6.45, 7) is 0. The van der Waals surface area contributed by atoms with Gasteiger partial charge in [0.1, 0.15) is 0 Å². The second kappa shape index (κ2) is 2.82. The maximum atomic E-state index is 7.21. The molecular formula is C6H4Cl2S. The fourth-order valence-corrected chi connectivity index (χ4v) is 0.977. The summed E-state index contributed by atoms with van der Waals surface area (Å²) in [6, 6.07) is 3.42. The normalized spacial score (nSPS) is 11.2. The van der Waals surface area contributed by atoms with E-state index in [1.165, 1.54) is 0 Å². The largest absolute Gasteiger partial charge is 0.142 e. The maximum Gasteiger partial charge on any atom is 0.0725 e. The van der Waals surface area contributed by atoms with Gasteiger partial charge < -0.3 is 0 Å². The van der Waals surface area contributed by atoms with Crippen molar-refractivity contribution >= 4 is 35.8 Å². The number of rotatable bonds is 0. The molecule has 1 rings (SSSR count). The first-order valence-corrected chi connectivity index (χ1v) is 3.47. The Balaban J connectivity index is 3.34. The minimum absolute atomic E-state index is 0.226. The minimum Gasteiger partial charge on any atom is -0.142 e. The summed E-state index contributed by atoms with van der Waals surface area (Å²) in [4.78, 5) is 0.600. The van der Waals surface area contributed by atoms with Gasteiger partial charge in [-0.15, -0.1) is 12.6 Å². The van der Waals surface area contributed by atoms with Gasteiger partial charge in [-0.25, -0.2) is 0 Å². The van der Waals surface area contributed by atoms with Gasteiger partial charge in [0.05, 0.1) is 11.4 Å². The van der Waals surface area contributed by atoms with Crippen molar-refractivity contribution in [1.82, 2.24) is 0 Å². The van der Waals surface area contributed by atoms with Crippen LogP contribution >= 0.6 is 35.8 Å². The molecule has 0 aromatic heterocycles. The van der Waals surface area contributed by atoms with Crippen LogP contribution in [0.4, 0.5) is 0 Å². The quantitative estimate of drug-likeness (QED) is 0.582. The molecule has 48 valence electrons. The van der Waals surface area contributed by atoms with E-state index in [9.17, 15) is 0 Å². The molecule has 1 aromatic carbocycles. The van der Waals surface area contributed by atoms with Gasteiger partial charge in [-0.05, 0) is 12.1 Å². The topological polar surface area (TPSA) is 0 Å². The summed E-state index contributed by atoms with van der Waals surface area (Å²) in [5.74, 6) is 0. The van der Waals surface area contributed by atoms with Crippen LogP contribution in [0.5, 0.6) is 0 Å². The van der Waals surface area contributed by atoms with E-state index in [0.29, 0.717) is 9.92 Å². The molecule has 3 heteroatoms. The highest BCUT2D eigenvalue weighted by atomic mass is 35.5. The average Bonchev–Trinajstić information content (AvgIpc) is 1.93. The van der Waals surface area contributed by atoms with E-state index in [1.54, 1.807) is 12.1 Å². The Morgan fingerprint density at radius 1 is 1.56 bits per heavy atom. The Hall–Kier alpha value is 0.150. The van der Waals surface area contributed by atoms with Crippen LogP contribution in [0.2, 0.25) is 10.0 Å². The number of hydrogen-bond acceptors (Lipinski definition) is 1. The molecular weight excluding hydrogens is 175 g/mol. The fourth-order valence-electron chi connectivity index (χ4n) is 0.443. The van der Waals surface area contributed by atoms with Gasteiger partial charge >= 0.3 is 0 Å². The van der Waals surface area contributed by atoms with Crippen LogP contribution in [-0.2, 0) is 0 Å². The first kappa shape index (κ1) is 5.90. The molecule has 0 spiro atoms. The van der Waals surface area contributed by atoms with E-state index in [2.05, 4.69) is 12.6 Å². The zero-order valence-corrected chi connectivity index (χ0v) is 6.76. The molecule has 0 N–H and O–H groups in total. The summed E-state index contributed by atoms with van der Waals surface area (Å²) >= 11 is 15.3. The monoisotopic (exact) mass is 179 g/mol.